The average Bonchev–Trinajstić information content (AvgIpc) is 2.02. The summed E-state index contributed by atoms with van der Waals surface area (Å²) in [5.41, 5.74) is 5.76. The lowest BCUT2D eigenvalue weighted by Crippen LogP contribution is -2.45. The summed E-state index contributed by atoms with van der Waals surface area (Å²) in [5.74, 6) is 0. The van der Waals surface area contributed by atoms with E-state index in [1.54, 1.807) is 26.2 Å². The number of rotatable bonds is 3. The van der Waals surface area contributed by atoms with Gasteiger partial charge in [-0.05, 0) is 41.4 Å². The molecule has 78 valence electrons. The molecule has 3 nitrogen and oxygen atoms in total. The van der Waals surface area contributed by atoms with Crippen LogP contribution >= 0.6 is 15.9 Å². The molecule has 0 aliphatic heterocycles. The van der Waals surface area contributed by atoms with Gasteiger partial charge < -0.3 is 10.8 Å². The summed E-state index contributed by atoms with van der Waals surface area (Å²) in [6, 6.07) is 1.67. The number of halogens is 1. The summed E-state index contributed by atoms with van der Waals surface area (Å²) >= 11 is 3.33. The fraction of sp³-hybridized carbons (Fsp3) is 0.500. The Morgan fingerprint density at radius 3 is 2.79 bits per heavy atom. The highest BCUT2D eigenvalue weighted by molar-refractivity contribution is 9.10. The molecule has 1 aromatic heterocycles. The van der Waals surface area contributed by atoms with E-state index in [0.717, 1.165) is 10.0 Å². The second-order valence-corrected chi connectivity index (χ2v) is 4.75. The molecule has 3 N–H and O–H groups in total. The summed E-state index contributed by atoms with van der Waals surface area (Å²) < 4.78 is 0.912. The van der Waals surface area contributed by atoms with Crippen LogP contribution in [0.5, 0.6) is 0 Å². The number of hydrogen-bond acceptors (Lipinski definition) is 3. The third-order valence-electron chi connectivity index (χ3n) is 2.30. The second-order valence-electron chi connectivity index (χ2n) is 3.83. The van der Waals surface area contributed by atoms with E-state index in [2.05, 4.69) is 20.9 Å². The molecule has 1 heterocycles. The van der Waals surface area contributed by atoms with Crippen LogP contribution in [0.15, 0.2) is 22.9 Å². The lowest BCUT2D eigenvalue weighted by Gasteiger charge is -2.27. The Morgan fingerprint density at radius 2 is 2.29 bits per heavy atom. The lowest BCUT2D eigenvalue weighted by atomic mass is 9.91. The minimum atomic E-state index is -0.886. The van der Waals surface area contributed by atoms with Gasteiger partial charge in [0.25, 0.3) is 0 Å². The van der Waals surface area contributed by atoms with Gasteiger partial charge in [-0.25, -0.2) is 0 Å². The van der Waals surface area contributed by atoms with Crippen LogP contribution in [0, 0.1) is 0 Å². The van der Waals surface area contributed by atoms with Gasteiger partial charge in [0.05, 0.1) is 5.60 Å². The van der Waals surface area contributed by atoms with E-state index < -0.39 is 5.60 Å². The first-order valence-corrected chi connectivity index (χ1v) is 5.28. The van der Waals surface area contributed by atoms with E-state index >= 15 is 0 Å². The van der Waals surface area contributed by atoms with Crippen LogP contribution < -0.4 is 5.73 Å². The molecule has 0 aliphatic rings. The van der Waals surface area contributed by atoms with Gasteiger partial charge in [-0.15, -0.1) is 0 Å². The number of pyridine rings is 1. The molecular formula is C10H15BrN2O. The maximum atomic E-state index is 9.97. The third kappa shape index (κ3) is 3.04. The summed E-state index contributed by atoms with van der Waals surface area (Å²) in [4.78, 5) is 4.03. The number of aliphatic hydroxyl groups is 1. The zero-order valence-corrected chi connectivity index (χ0v) is 9.95. The van der Waals surface area contributed by atoms with Gasteiger partial charge in [0, 0.05) is 29.3 Å². The normalized spacial score (nSPS) is 17.5. The Labute approximate surface area is 92.5 Å². The van der Waals surface area contributed by atoms with E-state index in [1.807, 2.05) is 6.07 Å². The average molecular weight is 259 g/mol. The molecule has 0 aromatic carbocycles. The SMILES string of the molecule is CC(N)C(C)(O)Cc1cncc(Br)c1. The summed E-state index contributed by atoms with van der Waals surface area (Å²) in [5, 5.41) is 9.97. The molecule has 1 rings (SSSR count). The molecule has 0 saturated heterocycles. The number of nitrogens with two attached hydrogens (primary N) is 1. The van der Waals surface area contributed by atoms with Crippen LogP contribution in [0.3, 0.4) is 0 Å². The predicted octanol–water partition coefficient (Wildman–Crippen LogP) is 1.48. The van der Waals surface area contributed by atoms with Crippen molar-refractivity contribution in [1.29, 1.82) is 0 Å². The lowest BCUT2D eigenvalue weighted by molar-refractivity contribution is 0.0388. The largest absolute Gasteiger partial charge is 0.388 e. The minimum Gasteiger partial charge on any atom is -0.388 e. The van der Waals surface area contributed by atoms with Crippen molar-refractivity contribution in [2.24, 2.45) is 5.73 Å². The van der Waals surface area contributed by atoms with E-state index in [1.165, 1.54) is 0 Å². The molecule has 0 fully saturated rings. The van der Waals surface area contributed by atoms with Crippen molar-refractivity contribution in [2.45, 2.75) is 31.9 Å². The van der Waals surface area contributed by atoms with Crippen molar-refractivity contribution in [3.05, 3.63) is 28.5 Å². The monoisotopic (exact) mass is 258 g/mol. The number of aromatic nitrogens is 1. The van der Waals surface area contributed by atoms with Gasteiger partial charge in [-0.2, -0.15) is 0 Å². The van der Waals surface area contributed by atoms with Crippen LogP contribution in [-0.4, -0.2) is 21.7 Å². The Morgan fingerprint density at radius 1 is 1.64 bits per heavy atom. The highest BCUT2D eigenvalue weighted by atomic mass is 79.9. The maximum absolute atomic E-state index is 9.97. The van der Waals surface area contributed by atoms with Crippen molar-refractivity contribution in [1.82, 2.24) is 4.98 Å². The fourth-order valence-electron chi connectivity index (χ4n) is 1.13. The zero-order chi connectivity index (χ0) is 10.8. The molecular weight excluding hydrogens is 244 g/mol. The van der Waals surface area contributed by atoms with E-state index in [9.17, 15) is 5.11 Å². The predicted molar refractivity (Wildman–Crippen MR) is 59.9 cm³/mol. The van der Waals surface area contributed by atoms with Gasteiger partial charge >= 0.3 is 0 Å². The molecule has 1 aromatic rings. The Hall–Kier alpha value is -0.450. The molecule has 0 radical (unpaired) electrons. The molecule has 0 spiro atoms. The first-order valence-electron chi connectivity index (χ1n) is 4.49. The molecule has 0 aliphatic carbocycles. The van der Waals surface area contributed by atoms with Crippen LogP contribution in [0.25, 0.3) is 0 Å². The van der Waals surface area contributed by atoms with E-state index in [-0.39, 0.29) is 6.04 Å². The minimum absolute atomic E-state index is 0.263. The summed E-state index contributed by atoms with van der Waals surface area (Å²) in [6.45, 7) is 3.53. The Bertz CT molecular complexity index is 313. The van der Waals surface area contributed by atoms with Crippen molar-refractivity contribution in [3.8, 4) is 0 Å². The Balaban J connectivity index is 2.78. The quantitative estimate of drug-likeness (QED) is 0.864. The summed E-state index contributed by atoms with van der Waals surface area (Å²) in [6.07, 6.45) is 3.96. The van der Waals surface area contributed by atoms with E-state index in [4.69, 9.17) is 5.73 Å². The zero-order valence-electron chi connectivity index (χ0n) is 8.37. The van der Waals surface area contributed by atoms with Gasteiger partial charge in [0.1, 0.15) is 0 Å². The number of nitrogens with zero attached hydrogens (tertiary/aromatic N) is 1. The third-order valence-corrected chi connectivity index (χ3v) is 2.74. The maximum Gasteiger partial charge on any atom is 0.0807 e. The van der Waals surface area contributed by atoms with Crippen molar-refractivity contribution < 1.29 is 5.11 Å². The van der Waals surface area contributed by atoms with Gasteiger partial charge in [0.2, 0.25) is 0 Å². The van der Waals surface area contributed by atoms with Gasteiger partial charge in [0.15, 0.2) is 0 Å². The van der Waals surface area contributed by atoms with Gasteiger partial charge in [-0.1, -0.05) is 0 Å². The van der Waals surface area contributed by atoms with Crippen LogP contribution in [0.1, 0.15) is 19.4 Å². The van der Waals surface area contributed by atoms with Crippen molar-refractivity contribution in [3.63, 3.8) is 0 Å². The molecule has 0 bridgehead atoms. The highest BCUT2D eigenvalue weighted by Gasteiger charge is 2.25. The fourth-order valence-corrected chi connectivity index (χ4v) is 1.54. The molecule has 2 unspecified atom stereocenters. The topological polar surface area (TPSA) is 59.1 Å². The molecule has 2 atom stereocenters. The highest BCUT2D eigenvalue weighted by Crippen LogP contribution is 2.17. The molecule has 14 heavy (non-hydrogen) atoms. The second kappa shape index (κ2) is 4.38. The van der Waals surface area contributed by atoms with Crippen LogP contribution in [-0.2, 0) is 6.42 Å². The van der Waals surface area contributed by atoms with Crippen LogP contribution in [0.4, 0.5) is 0 Å². The first-order chi connectivity index (χ1) is 6.42. The first kappa shape index (κ1) is 11.6. The van der Waals surface area contributed by atoms with Crippen LogP contribution in [0.2, 0.25) is 0 Å². The van der Waals surface area contributed by atoms with Crippen molar-refractivity contribution >= 4 is 15.9 Å². The summed E-state index contributed by atoms with van der Waals surface area (Å²) in [7, 11) is 0. The standard InChI is InChI=1S/C10H15BrN2O/c1-7(12)10(2,14)4-8-3-9(11)6-13-5-8/h3,5-7,14H,4,12H2,1-2H3. The van der Waals surface area contributed by atoms with Gasteiger partial charge in [-0.3, -0.25) is 4.98 Å². The van der Waals surface area contributed by atoms with Crippen molar-refractivity contribution in [2.75, 3.05) is 0 Å². The molecule has 0 amide bonds. The van der Waals surface area contributed by atoms with E-state index in [0.29, 0.717) is 6.42 Å². The number of hydrogen-bond donors (Lipinski definition) is 2. The Kier molecular flexibility index (Phi) is 3.64. The molecule has 0 saturated carbocycles. The molecule has 4 heteroatoms. The smallest absolute Gasteiger partial charge is 0.0807 e.